The molecule has 0 aliphatic rings. The Balaban J connectivity index is 1.67. The van der Waals surface area contributed by atoms with Crippen LogP contribution < -0.4 is 5.32 Å². The van der Waals surface area contributed by atoms with Crippen molar-refractivity contribution in [2.45, 2.75) is 38.4 Å². The first-order valence-electron chi connectivity index (χ1n) is 7.78. The molecule has 1 N–H and O–H groups in total. The molecule has 23 heavy (non-hydrogen) atoms. The Hall–Kier alpha value is -1.33. The van der Waals surface area contributed by atoms with Crippen molar-refractivity contribution in [1.29, 1.82) is 0 Å². The zero-order valence-electron chi connectivity index (χ0n) is 14.0. The number of aryl methyl sites for hydroxylation is 1. The van der Waals surface area contributed by atoms with Crippen LogP contribution in [0.2, 0.25) is 0 Å². The van der Waals surface area contributed by atoms with E-state index in [0.717, 1.165) is 22.2 Å². The highest BCUT2D eigenvalue weighted by molar-refractivity contribution is 7.98. The van der Waals surface area contributed by atoms with Crippen molar-refractivity contribution >= 4 is 29.0 Å². The summed E-state index contributed by atoms with van der Waals surface area (Å²) in [4.78, 5) is 16.4. The van der Waals surface area contributed by atoms with Gasteiger partial charge in [-0.25, -0.2) is 4.98 Å². The van der Waals surface area contributed by atoms with E-state index in [1.807, 2.05) is 25.1 Å². The van der Waals surface area contributed by atoms with Crippen LogP contribution in [-0.4, -0.2) is 23.2 Å². The van der Waals surface area contributed by atoms with Gasteiger partial charge in [0, 0.05) is 35.3 Å². The molecule has 1 aromatic carbocycles. The van der Waals surface area contributed by atoms with E-state index >= 15 is 0 Å². The Bertz CT molecular complexity index is 623. The van der Waals surface area contributed by atoms with Crippen LogP contribution in [0.4, 0.5) is 0 Å². The van der Waals surface area contributed by atoms with Gasteiger partial charge in [-0.1, -0.05) is 44.2 Å². The summed E-state index contributed by atoms with van der Waals surface area (Å²) >= 11 is 3.43. The van der Waals surface area contributed by atoms with E-state index in [1.54, 1.807) is 23.1 Å². The Morgan fingerprint density at radius 3 is 2.70 bits per heavy atom. The number of benzene rings is 1. The van der Waals surface area contributed by atoms with Crippen molar-refractivity contribution in [3.05, 3.63) is 52.0 Å². The van der Waals surface area contributed by atoms with Crippen LogP contribution in [-0.2, 0) is 16.0 Å². The Labute approximate surface area is 146 Å². The van der Waals surface area contributed by atoms with Gasteiger partial charge in [0.2, 0.25) is 5.91 Å². The maximum atomic E-state index is 12.0. The maximum absolute atomic E-state index is 12.0. The molecule has 124 valence electrons. The highest BCUT2D eigenvalue weighted by Crippen LogP contribution is 2.21. The van der Waals surface area contributed by atoms with E-state index in [-0.39, 0.29) is 11.3 Å². The van der Waals surface area contributed by atoms with E-state index in [9.17, 15) is 4.79 Å². The molecule has 1 amide bonds. The summed E-state index contributed by atoms with van der Waals surface area (Å²) in [6.45, 7) is 6.98. The second-order valence-corrected chi connectivity index (χ2v) is 8.35. The van der Waals surface area contributed by atoms with Crippen molar-refractivity contribution in [3.8, 4) is 0 Å². The third-order valence-corrected chi connectivity index (χ3v) is 5.49. The summed E-state index contributed by atoms with van der Waals surface area (Å²) < 4.78 is 0. The van der Waals surface area contributed by atoms with Gasteiger partial charge in [0.15, 0.2) is 0 Å². The summed E-state index contributed by atoms with van der Waals surface area (Å²) in [5.74, 6) is 1.83. The molecule has 0 atom stereocenters. The van der Waals surface area contributed by atoms with Gasteiger partial charge < -0.3 is 5.32 Å². The van der Waals surface area contributed by atoms with Crippen LogP contribution in [0.25, 0.3) is 0 Å². The molecular weight excluding hydrogens is 324 g/mol. The summed E-state index contributed by atoms with van der Waals surface area (Å²) in [5, 5.41) is 6.25. The predicted molar refractivity (Wildman–Crippen MR) is 100 cm³/mol. The van der Waals surface area contributed by atoms with E-state index in [1.165, 1.54) is 5.56 Å². The third-order valence-electron chi connectivity index (χ3n) is 3.67. The summed E-state index contributed by atoms with van der Waals surface area (Å²) in [6, 6.07) is 10.3. The minimum Gasteiger partial charge on any atom is -0.355 e. The van der Waals surface area contributed by atoms with Gasteiger partial charge in [0.1, 0.15) is 0 Å². The lowest BCUT2D eigenvalue weighted by molar-refractivity contribution is -0.120. The first-order valence-corrected chi connectivity index (χ1v) is 9.82. The van der Waals surface area contributed by atoms with Crippen molar-refractivity contribution < 1.29 is 4.79 Å². The number of carbonyl (C=O) groups excluding carboxylic acids is 1. The lowest BCUT2D eigenvalue weighted by Crippen LogP contribution is -2.36. The first kappa shape index (κ1) is 18.0. The smallest absolute Gasteiger partial charge is 0.220 e. The molecule has 3 nitrogen and oxygen atoms in total. The number of thioether (sulfide) groups is 1. The molecule has 0 spiro atoms. The predicted octanol–water partition coefficient (Wildman–Crippen LogP) is 4.17. The molecule has 2 aromatic rings. The van der Waals surface area contributed by atoms with Crippen LogP contribution in [0.15, 0.2) is 35.7 Å². The highest BCUT2D eigenvalue weighted by atomic mass is 32.2. The molecule has 0 aliphatic carbocycles. The molecule has 1 heterocycles. The fourth-order valence-electron chi connectivity index (χ4n) is 2.22. The lowest BCUT2D eigenvalue weighted by Gasteiger charge is -2.25. The van der Waals surface area contributed by atoms with Gasteiger partial charge in [0.05, 0.1) is 10.7 Å². The fraction of sp³-hybridized carbons (Fsp3) is 0.444. The Morgan fingerprint density at radius 1 is 1.30 bits per heavy atom. The molecule has 2 rings (SSSR count). The summed E-state index contributed by atoms with van der Waals surface area (Å²) in [7, 11) is 0. The zero-order valence-corrected chi connectivity index (χ0v) is 15.6. The number of thiazole rings is 1. The maximum Gasteiger partial charge on any atom is 0.220 e. The van der Waals surface area contributed by atoms with E-state index in [0.29, 0.717) is 13.0 Å². The van der Waals surface area contributed by atoms with E-state index < -0.39 is 0 Å². The van der Waals surface area contributed by atoms with Crippen LogP contribution in [0.5, 0.6) is 0 Å². The van der Waals surface area contributed by atoms with Gasteiger partial charge in [0.25, 0.3) is 0 Å². The van der Waals surface area contributed by atoms with Crippen molar-refractivity contribution in [2.24, 2.45) is 0 Å². The molecule has 0 saturated heterocycles. The van der Waals surface area contributed by atoms with Crippen LogP contribution in [0, 0.1) is 6.92 Å². The van der Waals surface area contributed by atoms with Crippen LogP contribution in [0.1, 0.15) is 36.5 Å². The number of hydrogen-bond donors (Lipinski definition) is 1. The van der Waals surface area contributed by atoms with Gasteiger partial charge in [-0.15, -0.1) is 11.3 Å². The van der Waals surface area contributed by atoms with Crippen molar-refractivity contribution in [3.63, 3.8) is 0 Å². The molecule has 0 aliphatic heterocycles. The second kappa shape index (κ2) is 8.50. The van der Waals surface area contributed by atoms with Crippen LogP contribution >= 0.6 is 23.1 Å². The average molecular weight is 349 g/mol. The SMILES string of the molecule is Cc1nc(CSCCC(=O)NCC(C)(C)c2ccccc2)cs1. The molecule has 1 aromatic heterocycles. The van der Waals surface area contributed by atoms with Crippen molar-refractivity contribution in [1.82, 2.24) is 10.3 Å². The number of hydrogen-bond acceptors (Lipinski definition) is 4. The van der Waals surface area contributed by atoms with Crippen LogP contribution in [0.3, 0.4) is 0 Å². The highest BCUT2D eigenvalue weighted by Gasteiger charge is 2.20. The van der Waals surface area contributed by atoms with Gasteiger partial charge in [-0.05, 0) is 12.5 Å². The van der Waals surface area contributed by atoms with Crippen molar-refractivity contribution in [2.75, 3.05) is 12.3 Å². The minimum absolute atomic E-state index is 0.0534. The number of nitrogens with zero attached hydrogens (tertiary/aromatic N) is 1. The number of aromatic nitrogens is 1. The monoisotopic (exact) mass is 348 g/mol. The standard InChI is InChI=1S/C18H24N2OS2/c1-14-20-16(12-23-14)11-22-10-9-17(21)19-13-18(2,3)15-7-5-4-6-8-15/h4-8,12H,9-11,13H2,1-3H3,(H,19,21). The normalized spacial score (nSPS) is 11.4. The molecule has 0 fully saturated rings. The Morgan fingerprint density at radius 2 is 2.04 bits per heavy atom. The van der Waals surface area contributed by atoms with Gasteiger partial charge in [-0.2, -0.15) is 11.8 Å². The second-order valence-electron chi connectivity index (χ2n) is 6.19. The molecular formula is C18H24N2OS2. The topological polar surface area (TPSA) is 42.0 Å². The average Bonchev–Trinajstić information content (AvgIpc) is 2.96. The number of carbonyl (C=O) groups is 1. The molecule has 0 radical (unpaired) electrons. The minimum atomic E-state index is -0.0534. The number of nitrogens with one attached hydrogen (secondary N) is 1. The zero-order chi connectivity index (χ0) is 16.7. The van der Waals surface area contributed by atoms with Gasteiger partial charge in [-0.3, -0.25) is 4.79 Å². The lowest BCUT2D eigenvalue weighted by atomic mass is 9.84. The van der Waals surface area contributed by atoms with E-state index in [2.05, 4.69) is 41.7 Å². The summed E-state index contributed by atoms with van der Waals surface area (Å²) in [6.07, 6.45) is 0.554. The van der Waals surface area contributed by atoms with Gasteiger partial charge >= 0.3 is 0 Å². The third kappa shape index (κ3) is 5.99. The molecule has 5 heteroatoms. The van der Waals surface area contributed by atoms with E-state index in [4.69, 9.17) is 0 Å². The molecule has 0 bridgehead atoms. The molecule has 0 saturated carbocycles. The summed E-state index contributed by atoms with van der Waals surface area (Å²) in [5.41, 5.74) is 2.30. The first-order chi connectivity index (χ1) is 11.0. The number of amides is 1. The fourth-order valence-corrected chi connectivity index (χ4v) is 3.76. The molecule has 0 unspecified atom stereocenters. The largest absolute Gasteiger partial charge is 0.355 e. The Kier molecular flexibility index (Phi) is 6.66. The quantitative estimate of drug-likeness (QED) is 0.728. The number of rotatable bonds is 8.